The molecular weight excluding hydrogens is 482 g/mol. The molecule has 38 heavy (non-hydrogen) atoms. The van der Waals surface area contributed by atoms with Gasteiger partial charge in [-0.3, -0.25) is 19.0 Å². The third kappa shape index (κ3) is 6.45. The Bertz CT molecular complexity index is 1560. The monoisotopic (exact) mass is 513 g/mol. The molecule has 8 nitrogen and oxygen atoms in total. The zero-order valence-electron chi connectivity index (χ0n) is 21.8. The second-order valence-electron chi connectivity index (χ2n) is 10.0. The third-order valence-electron chi connectivity index (χ3n) is 5.90. The molecule has 0 saturated carbocycles. The maximum absolute atomic E-state index is 13.5. The second-order valence-corrected chi connectivity index (χ2v) is 10.0. The van der Waals surface area contributed by atoms with Crippen LogP contribution in [0.2, 0.25) is 0 Å². The molecule has 0 fully saturated rings. The number of hydrogen-bond donors (Lipinski definition) is 1. The summed E-state index contributed by atoms with van der Waals surface area (Å²) >= 11 is 0. The van der Waals surface area contributed by atoms with Crippen LogP contribution >= 0.6 is 0 Å². The molecule has 1 N–H and O–H groups in total. The van der Waals surface area contributed by atoms with Gasteiger partial charge in [0.15, 0.2) is 0 Å². The quantitative estimate of drug-likeness (QED) is 0.364. The minimum absolute atomic E-state index is 0.115. The summed E-state index contributed by atoms with van der Waals surface area (Å²) in [6.07, 6.45) is 0.913. The fourth-order valence-electron chi connectivity index (χ4n) is 4.21. The van der Waals surface area contributed by atoms with Crippen LogP contribution in [-0.4, -0.2) is 33.2 Å². The second kappa shape index (κ2) is 11.3. The van der Waals surface area contributed by atoms with Crippen molar-refractivity contribution in [2.75, 3.05) is 6.54 Å². The smallest absolute Gasteiger partial charge is 0.336 e. The molecule has 196 valence electrons. The van der Waals surface area contributed by atoms with Gasteiger partial charge in [0.1, 0.15) is 12.1 Å². The van der Waals surface area contributed by atoms with Gasteiger partial charge in [-0.1, -0.05) is 54.6 Å². The Hall–Kier alpha value is -4.46. The Morgan fingerprint density at radius 1 is 0.842 bits per heavy atom. The van der Waals surface area contributed by atoms with Crippen LogP contribution in [-0.2, 0) is 33.7 Å². The number of aromatic nitrogens is 2. The van der Waals surface area contributed by atoms with Gasteiger partial charge in [-0.15, -0.1) is 0 Å². The van der Waals surface area contributed by atoms with Crippen molar-refractivity contribution < 1.29 is 14.3 Å². The minimum Gasteiger partial charge on any atom is -0.459 e. The van der Waals surface area contributed by atoms with E-state index in [1.807, 2.05) is 30.3 Å². The lowest BCUT2D eigenvalue weighted by Crippen LogP contribution is -2.41. The normalized spacial score (nSPS) is 11.3. The Morgan fingerprint density at radius 3 is 2.18 bits per heavy atom. The molecule has 0 atom stereocenters. The number of rotatable bonds is 8. The van der Waals surface area contributed by atoms with Gasteiger partial charge in [-0.2, -0.15) is 0 Å². The van der Waals surface area contributed by atoms with Gasteiger partial charge in [-0.05, 0) is 62.6 Å². The number of hydrogen-bond acceptors (Lipinski definition) is 5. The molecule has 0 bridgehead atoms. The van der Waals surface area contributed by atoms with Gasteiger partial charge in [0.05, 0.1) is 23.0 Å². The predicted molar refractivity (Wildman–Crippen MR) is 147 cm³/mol. The number of esters is 1. The van der Waals surface area contributed by atoms with Gasteiger partial charge in [0.25, 0.3) is 5.56 Å². The summed E-state index contributed by atoms with van der Waals surface area (Å²) in [6, 6.07) is 23.3. The average Bonchev–Trinajstić information content (AvgIpc) is 2.87. The summed E-state index contributed by atoms with van der Waals surface area (Å²) in [7, 11) is 0. The summed E-state index contributed by atoms with van der Waals surface area (Å²) in [5.41, 5.74) is 0.743. The molecule has 0 spiro atoms. The van der Waals surface area contributed by atoms with Crippen LogP contribution in [0.4, 0.5) is 0 Å². The summed E-state index contributed by atoms with van der Waals surface area (Å²) in [5.74, 6) is -0.695. The SMILES string of the molecule is CC(C)(C)OC(=O)Cn1c(=O)n(-c2ccc(CC(=O)NCCc3ccccc3)cc2)c(=O)c2ccccc21. The van der Waals surface area contributed by atoms with E-state index in [4.69, 9.17) is 4.74 Å². The lowest BCUT2D eigenvalue weighted by Gasteiger charge is -2.20. The van der Waals surface area contributed by atoms with Gasteiger partial charge >= 0.3 is 11.7 Å². The summed E-state index contributed by atoms with van der Waals surface area (Å²) < 4.78 is 7.69. The average molecular weight is 514 g/mol. The molecule has 1 heterocycles. The van der Waals surface area contributed by atoms with Crippen molar-refractivity contribution in [1.29, 1.82) is 0 Å². The van der Waals surface area contributed by atoms with Crippen molar-refractivity contribution >= 4 is 22.8 Å². The summed E-state index contributed by atoms with van der Waals surface area (Å²) in [5, 5.41) is 3.22. The zero-order valence-corrected chi connectivity index (χ0v) is 21.8. The number of benzene rings is 3. The molecule has 4 rings (SSSR count). The van der Waals surface area contributed by atoms with E-state index >= 15 is 0 Å². The van der Waals surface area contributed by atoms with Crippen molar-refractivity contribution in [1.82, 2.24) is 14.5 Å². The summed E-state index contributed by atoms with van der Waals surface area (Å²) in [6.45, 7) is 5.44. The Morgan fingerprint density at radius 2 is 1.50 bits per heavy atom. The van der Waals surface area contributed by atoms with E-state index in [-0.39, 0.29) is 18.9 Å². The topological polar surface area (TPSA) is 99.4 Å². The number of carbonyl (C=O) groups is 2. The first-order chi connectivity index (χ1) is 18.1. The number of nitrogens with one attached hydrogen (secondary N) is 1. The van der Waals surface area contributed by atoms with E-state index in [0.717, 1.165) is 22.1 Å². The van der Waals surface area contributed by atoms with Crippen molar-refractivity contribution in [2.24, 2.45) is 0 Å². The van der Waals surface area contributed by atoms with Crippen molar-refractivity contribution in [3.8, 4) is 5.69 Å². The Balaban J connectivity index is 1.55. The number of carbonyl (C=O) groups excluding carboxylic acids is 2. The molecule has 8 heteroatoms. The molecule has 0 aliphatic carbocycles. The molecule has 1 aromatic heterocycles. The van der Waals surface area contributed by atoms with E-state index < -0.39 is 22.8 Å². The van der Waals surface area contributed by atoms with E-state index in [2.05, 4.69) is 5.32 Å². The van der Waals surface area contributed by atoms with Crippen LogP contribution in [0.5, 0.6) is 0 Å². The number of amides is 1. The van der Waals surface area contributed by atoms with E-state index in [1.165, 1.54) is 4.57 Å². The first kappa shape index (κ1) is 26.6. The maximum Gasteiger partial charge on any atom is 0.336 e. The summed E-state index contributed by atoms with van der Waals surface area (Å²) in [4.78, 5) is 51.7. The van der Waals surface area contributed by atoms with Crippen LogP contribution in [0, 0.1) is 0 Å². The number of ether oxygens (including phenoxy) is 1. The lowest BCUT2D eigenvalue weighted by molar-refractivity contribution is -0.155. The number of para-hydroxylation sites is 1. The van der Waals surface area contributed by atoms with E-state index in [9.17, 15) is 19.2 Å². The molecule has 1 amide bonds. The van der Waals surface area contributed by atoms with Crippen molar-refractivity contribution in [3.05, 3.63) is 111 Å². The molecule has 0 unspecified atom stereocenters. The van der Waals surface area contributed by atoms with Gasteiger partial charge < -0.3 is 10.1 Å². The van der Waals surface area contributed by atoms with Gasteiger partial charge in [0.2, 0.25) is 5.91 Å². The Kier molecular flexibility index (Phi) is 7.90. The molecule has 0 radical (unpaired) electrons. The minimum atomic E-state index is -0.714. The van der Waals surface area contributed by atoms with E-state index in [1.54, 1.807) is 69.3 Å². The predicted octanol–water partition coefficient (Wildman–Crippen LogP) is 3.40. The standard InChI is InChI=1S/C30H31N3O5/c1-30(2,3)38-27(35)20-32-25-12-8-7-11-24(25)28(36)33(29(32)37)23-15-13-22(14-16-23)19-26(34)31-18-17-21-9-5-4-6-10-21/h4-16H,17-20H2,1-3H3,(H,31,34). The molecule has 3 aromatic carbocycles. The maximum atomic E-state index is 13.5. The highest BCUT2D eigenvalue weighted by Crippen LogP contribution is 2.13. The Labute approximate surface area is 220 Å². The van der Waals surface area contributed by atoms with Crippen LogP contribution < -0.4 is 16.6 Å². The number of nitrogens with zero attached hydrogens (tertiary/aromatic N) is 2. The largest absolute Gasteiger partial charge is 0.459 e. The highest BCUT2D eigenvalue weighted by molar-refractivity contribution is 5.80. The fraction of sp³-hybridized carbons (Fsp3) is 0.267. The highest BCUT2D eigenvalue weighted by Gasteiger charge is 2.20. The van der Waals surface area contributed by atoms with Crippen LogP contribution in [0.1, 0.15) is 31.9 Å². The van der Waals surface area contributed by atoms with E-state index in [0.29, 0.717) is 23.1 Å². The zero-order chi connectivity index (χ0) is 27.3. The fourth-order valence-corrected chi connectivity index (χ4v) is 4.21. The molecule has 0 aliphatic rings. The van der Waals surface area contributed by atoms with Gasteiger partial charge in [0, 0.05) is 6.54 Å². The van der Waals surface area contributed by atoms with Crippen molar-refractivity contribution in [2.45, 2.75) is 45.8 Å². The molecule has 0 saturated heterocycles. The van der Waals surface area contributed by atoms with Crippen LogP contribution in [0.25, 0.3) is 16.6 Å². The molecule has 0 aliphatic heterocycles. The lowest BCUT2D eigenvalue weighted by atomic mass is 10.1. The third-order valence-corrected chi connectivity index (χ3v) is 5.90. The highest BCUT2D eigenvalue weighted by atomic mass is 16.6. The van der Waals surface area contributed by atoms with Crippen LogP contribution in [0.3, 0.4) is 0 Å². The number of fused-ring (bicyclic) bond motifs is 1. The molecular formula is C30H31N3O5. The first-order valence-corrected chi connectivity index (χ1v) is 12.5. The molecule has 4 aromatic rings. The first-order valence-electron chi connectivity index (χ1n) is 12.5. The van der Waals surface area contributed by atoms with Gasteiger partial charge in [-0.25, -0.2) is 9.36 Å². The van der Waals surface area contributed by atoms with Crippen molar-refractivity contribution in [3.63, 3.8) is 0 Å². The van der Waals surface area contributed by atoms with Crippen LogP contribution in [0.15, 0.2) is 88.5 Å².